The molecule has 0 spiro atoms. The number of amides is 2. The fourth-order valence-corrected chi connectivity index (χ4v) is 8.28. The molecule has 1 atom stereocenters. The van der Waals surface area contributed by atoms with Gasteiger partial charge in [-0.2, -0.15) is 9.57 Å². The highest BCUT2D eigenvalue weighted by Gasteiger charge is 2.61. The minimum Gasteiger partial charge on any atom is -0.492 e. The first-order chi connectivity index (χ1) is 23.3. The number of fused-ring (bicyclic) bond motifs is 1. The van der Waals surface area contributed by atoms with Crippen molar-refractivity contribution in [1.82, 2.24) is 20.1 Å². The van der Waals surface area contributed by atoms with E-state index >= 15 is 4.79 Å². The number of nitrogens with zero attached hydrogens (tertiary/aromatic N) is 5. The van der Waals surface area contributed by atoms with E-state index in [1.165, 1.54) is 48.7 Å². The third-order valence-corrected chi connectivity index (χ3v) is 10.7. The van der Waals surface area contributed by atoms with Crippen LogP contribution < -0.4 is 19.1 Å². The average Bonchev–Trinajstić information content (AvgIpc) is 3.36. The number of rotatable bonds is 9. The third kappa shape index (κ3) is 5.82. The van der Waals surface area contributed by atoms with Crippen LogP contribution in [0.5, 0.6) is 11.6 Å². The molecule has 3 aliphatic rings. The first kappa shape index (κ1) is 33.2. The second kappa shape index (κ2) is 13.8. The number of carbonyl (C=O) groups is 2. The van der Waals surface area contributed by atoms with Gasteiger partial charge in [-0.1, -0.05) is 12.1 Å². The van der Waals surface area contributed by atoms with Gasteiger partial charge >= 0.3 is 6.09 Å². The van der Waals surface area contributed by atoms with Crippen LogP contribution in [0.3, 0.4) is 0 Å². The van der Waals surface area contributed by atoms with Crippen LogP contribution in [-0.4, -0.2) is 93.7 Å². The maximum atomic E-state index is 15.0. The average molecular weight is 675 g/mol. The van der Waals surface area contributed by atoms with Gasteiger partial charge in [-0.05, 0) is 69.2 Å². The van der Waals surface area contributed by atoms with Gasteiger partial charge in [-0.15, -0.1) is 0 Å². The van der Waals surface area contributed by atoms with Crippen molar-refractivity contribution >= 4 is 27.7 Å². The highest BCUT2D eigenvalue weighted by molar-refractivity contribution is 7.93. The maximum Gasteiger partial charge on any atom is 0.411 e. The van der Waals surface area contributed by atoms with Gasteiger partial charge in [0.15, 0.2) is 0 Å². The lowest BCUT2D eigenvalue weighted by Gasteiger charge is -2.40. The lowest BCUT2D eigenvalue weighted by molar-refractivity contribution is -0.132. The van der Waals surface area contributed by atoms with E-state index in [2.05, 4.69) is 21.3 Å². The van der Waals surface area contributed by atoms with Crippen molar-refractivity contribution in [2.45, 2.75) is 43.2 Å². The number of aromatic nitrogens is 1. The molecule has 1 N–H and O–H groups in total. The summed E-state index contributed by atoms with van der Waals surface area (Å²) in [5.41, 5.74) is -2.26. The van der Waals surface area contributed by atoms with Crippen molar-refractivity contribution < 1.29 is 32.2 Å². The van der Waals surface area contributed by atoms with Gasteiger partial charge < -0.3 is 24.4 Å². The van der Waals surface area contributed by atoms with Gasteiger partial charge in [0.1, 0.15) is 10.6 Å². The van der Waals surface area contributed by atoms with Crippen molar-refractivity contribution in [3.8, 4) is 17.7 Å². The fraction of sp³-hybridized carbons (Fsp3) is 0.412. The van der Waals surface area contributed by atoms with Gasteiger partial charge in [-0.25, -0.2) is 18.2 Å². The SMILES string of the molecule is CCOc1ccccc1S(=O)(=O)N1C(=O)C(OC(=O)N2CCC(N3CCNCC3)CC2)(c2cccnc2OCC)c2cc(C#N)ccc21. The number of hydrogen-bond acceptors (Lipinski definition) is 11. The summed E-state index contributed by atoms with van der Waals surface area (Å²) in [5.74, 6) is -1.03. The maximum absolute atomic E-state index is 15.0. The number of piperazine rings is 1. The Bertz CT molecular complexity index is 1830. The first-order valence-corrected chi connectivity index (χ1v) is 17.6. The number of para-hydroxylation sites is 1. The van der Waals surface area contributed by atoms with E-state index in [1.807, 2.05) is 0 Å². The minimum atomic E-state index is -4.66. The van der Waals surface area contributed by atoms with Gasteiger partial charge in [0.05, 0.1) is 36.1 Å². The van der Waals surface area contributed by atoms with E-state index in [4.69, 9.17) is 14.2 Å². The molecule has 2 fully saturated rings. The molecule has 4 heterocycles. The van der Waals surface area contributed by atoms with Crippen molar-refractivity contribution in [3.63, 3.8) is 0 Å². The molecule has 0 bridgehead atoms. The summed E-state index contributed by atoms with van der Waals surface area (Å²) in [6.07, 6.45) is 2.10. The zero-order valence-corrected chi connectivity index (χ0v) is 27.7. The number of nitrogens with one attached hydrogen (secondary N) is 1. The first-order valence-electron chi connectivity index (χ1n) is 16.1. The monoisotopic (exact) mass is 674 g/mol. The Balaban J connectivity index is 1.47. The van der Waals surface area contributed by atoms with E-state index in [0.29, 0.717) is 23.4 Å². The fourth-order valence-electron chi connectivity index (χ4n) is 6.69. The molecule has 13 nitrogen and oxygen atoms in total. The van der Waals surface area contributed by atoms with Crippen LogP contribution in [0.2, 0.25) is 0 Å². The van der Waals surface area contributed by atoms with Gasteiger partial charge in [-0.3, -0.25) is 9.69 Å². The summed E-state index contributed by atoms with van der Waals surface area (Å²) in [7, 11) is -4.66. The predicted molar refractivity (Wildman–Crippen MR) is 175 cm³/mol. The molecule has 6 rings (SSSR count). The quantitative estimate of drug-likeness (QED) is 0.356. The number of anilines is 1. The predicted octanol–water partition coefficient (Wildman–Crippen LogP) is 3.24. The van der Waals surface area contributed by atoms with E-state index in [9.17, 15) is 18.5 Å². The zero-order chi connectivity index (χ0) is 33.9. The number of hydrogen-bond donors (Lipinski definition) is 1. The zero-order valence-electron chi connectivity index (χ0n) is 26.9. The Morgan fingerprint density at radius 2 is 1.73 bits per heavy atom. The second-order valence-corrected chi connectivity index (χ2v) is 13.4. The van der Waals surface area contributed by atoms with Crippen molar-refractivity contribution in [1.29, 1.82) is 5.26 Å². The lowest BCUT2D eigenvalue weighted by Crippen LogP contribution is -2.54. The van der Waals surface area contributed by atoms with E-state index in [1.54, 1.807) is 30.9 Å². The molecule has 1 aromatic heterocycles. The number of benzene rings is 2. The smallest absolute Gasteiger partial charge is 0.411 e. The van der Waals surface area contributed by atoms with Crippen molar-refractivity contribution in [3.05, 3.63) is 77.5 Å². The van der Waals surface area contributed by atoms with Crippen LogP contribution in [0.4, 0.5) is 10.5 Å². The highest BCUT2D eigenvalue weighted by Crippen LogP contribution is 2.52. The molecule has 1 unspecified atom stereocenters. The number of nitriles is 1. The summed E-state index contributed by atoms with van der Waals surface area (Å²) in [5, 5.41) is 13.2. The highest BCUT2D eigenvalue weighted by atomic mass is 32.2. The molecule has 3 aromatic rings. The molecule has 0 radical (unpaired) electrons. The molecule has 252 valence electrons. The number of pyridine rings is 1. The van der Waals surface area contributed by atoms with E-state index in [-0.39, 0.29) is 52.1 Å². The van der Waals surface area contributed by atoms with E-state index in [0.717, 1.165) is 39.0 Å². The summed E-state index contributed by atoms with van der Waals surface area (Å²) in [4.78, 5) is 37.3. The van der Waals surface area contributed by atoms with Crippen LogP contribution in [0, 0.1) is 11.3 Å². The molecule has 0 aliphatic carbocycles. The van der Waals surface area contributed by atoms with Crippen LogP contribution >= 0.6 is 0 Å². The number of ether oxygens (including phenoxy) is 3. The molecule has 0 saturated carbocycles. The van der Waals surface area contributed by atoms with Crippen LogP contribution in [0.1, 0.15) is 43.4 Å². The largest absolute Gasteiger partial charge is 0.492 e. The van der Waals surface area contributed by atoms with Crippen molar-refractivity contribution in [2.24, 2.45) is 0 Å². The molecule has 2 amide bonds. The van der Waals surface area contributed by atoms with Crippen LogP contribution in [0.15, 0.2) is 65.7 Å². The minimum absolute atomic E-state index is 0.00187. The van der Waals surface area contributed by atoms with Gasteiger partial charge in [0, 0.05) is 57.1 Å². The van der Waals surface area contributed by atoms with E-state index < -0.39 is 27.6 Å². The molecule has 3 aliphatic heterocycles. The molecule has 2 saturated heterocycles. The lowest BCUT2D eigenvalue weighted by atomic mass is 9.87. The van der Waals surface area contributed by atoms with Gasteiger partial charge in [0.2, 0.25) is 5.88 Å². The second-order valence-electron chi connectivity index (χ2n) is 11.6. The summed E-state index contributed by atoms with van der Waals surface area (Å²) in [6, 6.07) is 15.6. The Hall–Kier alpha value is -4.71. The molecular weight excluding hydrogens is 636 g/mol. The Labute approximate surface area is 280 Å². The van der Waals surface area contributed by atoms with Crippen LogP contribution in [-0.2, 0) is 25.2 Å². The van der Waals surface area contributed by atoms with Crippen molar-refractivity contribution in [2.75, 3.05) is 56.8 Å². The number of likely N-dealkylation sites (tertiary alicyclic amines) is 1. The Morgan fingerprint density at radius 1 is 1.00 bits per heavy atom. The molecule has 2 aromatic carbocycles. The normalized spacial score (nSPS) is 20.2. The van der Waals surface area contributed by atoms with Gasteiger partial charge in [0.25, 0.3) is 21.5 Å². The summed E-state index contributed by atoms with van der Waals surface area (Å²) in [6.45, 7) is 8.27. The topological polar surface area (TPSA) is 154 Å². The summed E-state index contributed by atoms with van der Waals surface area (Å²) >= 11 is 0. The van der Waals surface area contributed by atoms with Crippen LogP contribution in [0.25, 0.3) is 0 Å². The number of piperidine rings is 1. The molecule has 48 heavy (non-hydrogen) atoms. The Kier molecular flexibility index (Phi) is 9.54. The Morgan fingerprint density at radius 3 is 2.44 bits per heavy atom. The standard InChI is InChI=1S/C34H38N6O7S/c1-3-45-29-9-5-6-10-30(29)48(43,44)40-28-12-11-24(23-35)22-27(28)34(32(40)41,26-8-7-15-37-31(26)46-4-2)47-33(42)39-18-13-25(14-19-39)38-20-16-36-17-21-38/h5-12,15,22,25,36H,3-4,13-14,16-21H2,1-2H3. The number of sulfonamides is 1. The number of carbonyl (C=O) groups excluding carboxylic acids is 2. The third-order valence-electron chi connectivity index (χ3n) is 8.94. The molecular formula is C34H38N6O7S. The molecule has 14 heteroatoms. The summed E-state index contributed by atoms with van der Waals surface area (Å²) < 4.78 is 47.4.